The first-order chi connectivity index (χ1) is 14.8. The van der Waals surface area contributed by atoms with Crippen LogP contribution in [0.1, 0.15) is 39.3 Å². The molecule has 2 aliphatic rings. The van der Waals surface area contributed by atoms with E-state index in [2.05, 4.69) is 15.6 Å². The molecule has 0 saturated carbocycles. The number of amides is 3. The van der Waals surface area contributed by atoms with E-state index in [1.807, 2.05) is 0 Å². The van der Waals surface area contributed by atoms with Gasteiger partial charge in [0, 0.05) is 29.2 Å². The molecule has 3 amide bonds. The van der Waals surface area contributed by atoms with E-state index in [4.69, 9.17) is 0 Å². The number of hydrogen-bond donors (Lipinski definition) is 3. The van der Waals surface area contributed by atoms with Crippen LogP contribution in [0.15, 0.2) is 24.4 Å². The average molecular weight is 422 g/mol. The number of likely N-dealkylation sites (tertiary alicyclic amines) is 1. The van der Waals surface area contributed by atoms with E-state index < -0.39 is 17.8 Å². The molecule has 1 aromatic carbocycles. The Hall–Kier alpha value is -3.97. The Kier molecular flexibility index (Phi) is 5.04. The summed E-state index contributed by atoms with van der Waals surface area (Å²) in [6.07, 6.45) is 2.99. The predicted molar refractivity (Wildman–Crippen MR) is 111 cm³/mol. The van der Waals surface area contributed by atoms with Crippen LogP contribution in [0, 0.1) is 19.7 Å². The van der Waals surface area contributed by atoms with Crippen molar-refractivity contribution >= 4 is 41.0 Å². The van der Waals surface area contributed by atoms with Crippen LogP contribution in [0.5, 0.6) is 0 Å². The molecule has 3 N–H and O–H groups in total. The normalized spacial score (nSPS) is 18.7. The van der Waals surface area contributed by atoms with Crippen LogP contribution in [0.25, 0.3) is 11.6 Å². The van der Waals surface area contributed by atoms with Crippen LogP contribution in [0.2, 0.25) is 0 Å². The molecule has 0 unspecified atom stereocenters. The van der Waals surface area contributed by atoms with Gasteiger partial charge < -0.3 is 20.5 Å². The maximum absolute atomic E-state index is 13.7. The molecule has 31 heavy (non-hydrogen) atoms. The van der Waals surface area contributed by atoms with Crippen molar-refractivity contribution in [1.29, 1.82) is 0 Å². The number of fused-ring (bicyclic) bond motifs is 1. The second kappa shape index (κ2) is 7.70. The van der Waals surface area contributed by atoms with Gasteiger partial charge >= 0.3 is 0 Å². The number of H-pyrrole nitrogens is 1. The van der Waals surface area contributed by atoms with E-state index in [9.17, 15) is 23.6 Å². The third-order valence-electron chi connectivity index (χ3n) is 5.51. The molecule has 1 aromatic heterocycles. The van der Waals surface area contributed by atoms with E-state index in [0.29, 0.717) is 46.7 Å². The smallest absolute Gasteiger partial charge is 0.256 e. The van der Waals surface area contributed by atoms with Crippen molar-refractivity contribution in [1.82, 2.24) is 15.2 Å². The van der Waals surface area contributed by atoms with Gasteiger partial charge in [0.2, 0.25) is 5.91 Å². The summed E-state index contributed by atoms with van der Waals surface area (Å²) >= 11 is 0. The van der Waals surface area contributed by atoms with E-state index in [-0.39, 0.29) is 17.4 Å². The maximum Gasteiger partial charge on any atom is 0.256 e. The number of nitrogens with one attached hydrogen (secondary N) is 3. The van der Waals surface area contributed by atoms with Crippen molar-refractivity contribution in [2.24, 2.45) is 0 Å². The lowest BCUT2D eigenvalue weighted by atomic mass is 10.0. The fourth-order valence-corrected chi connectivity index (χ4v) is 3.97. The molecule has 9 heteroatoms. The number of carbonyl (C=O) groups is 3. The Morgan fingerprint density at radius 1 is 1.32 bits per heavy atom. The Bertz CT molecular complexity index is 1210. The summed E-state index contributed by atoms with van der Waals surface area (Å²) in [5.41, 5.74) is 3.31. The standard InChI is InChI=1S/C22H19FN4O4/c1-11-18(10-15-14-9-13(23)3-4-16(14)25-20(15)29)24-12(2)19(11)21(30)26-17-5-6-27(7-8-28)22(17)31/h3-4,7,9-10,17,24H,5-6H2,1-2H3,(H,25,29)(H,26,30)/b15-10-/t17-/m0/s1. The highest BCUT2D eigenvalue weighted by molar-refractivity contribution is 6.34. The molecule has 8 nitrogen and oxygen atoms in total. The van der Waals surface area contributed by atoms with Crippen LogP contribution in [0.3, 0.4) is 0 Å². The second-order valence-corrected chi connectivity index (χ2v) is 7.46. The molecule has 1 fully saturated rings. The number of anilines is 1. The number of aromatic amines is 1. The summed E-state index contributed by atoms with van der Waals surface area (Å²) in [6.45, 7) is 3.76. The Morgan fingerprint density at radius 2 is 2.10 bits per heavy atom. The molecule has 0 bridgehead atoms. The summed E-state index contributed by atoms with van der Waals surface area (Å²) in [4.78, 5) is 52.3. The van der Waals surface area contributed by atoms with Gasteiger partial charge in [-0.15, -0.1) is 0 Å². The quantitative estimate of drug-likeness (QED) is 0.516. The zero-order valence-electron chi connectivity index (χ0n) is 16.8. The number of rotatable bonds is 4. The van der Waals surface area contributed by atoms with Crippen molar-refractivity contribution in [3.05, 3.63) is 58.3 Å². The van der Waals surface area contributed by atoms with Gasteiger partial charge in [0.25, 0.3) is 11.8 Å². The van der Waals surface area contributed by atoms with Gasteiger partial charge in [0.15, 0.2) is 0 Å². The molecular formula is C22H19FN4O4. The summed E-state index contributed by atoms with van der Waals surface area (Å²) in [5.74, 6) is -0.0613. The lowest BCUT2D eigenvalue weighted by Gasteiger charge is -2.12. The van der Waals surface area contributed by atoms with Crippen LogP contribution in [0.4, 0.5) is 10.1 Å². The van der Waals surface area contributed by atoms with Gasteiger partial charge in [-0.25, -0.2) is 9.18 Å². The predicted octanol–water partition coefficient (Wildman–Crippen LogP) is 1.94. The molecule has 1 saturated heterocycles. The Morgan fingerprint density at radius 3 is 2.84 bits per heavy atom. The highest BCUT2D eigenvalue weighted by Crippen LogP contribution is 2.34. The van der Waals surface area contributed by atoms with Crippen molar-refractivity contribution in [3.63, 3.8) is 0 Å². The first-order valence-electron chi connectivity index (χ1n) is 9.64. The molecular weight excluding hydrogens is 403 g/mol. The SMILES string of the molecule is Cc1[nH]c(/C=C2\C(=O)Nc3ccc(F)cc32)c(C)c1C(=O)N[C@H]1CCN(C=C=O)C1=O. The largest absolute Gasteiger partial charge is 0.358 e. The van der Waals surface area contributed by atoms with Gasteiger partial charge in [-0.2, -0.15) is 0 Å². The van der Waals surface area contributed by atoms with Crippen LogP contribution in [-0.2, 0) is 14.4 Å². The van der Waals surface area contributed by atoms with Gasteiger partial charge in [-0.05, 0) is 50.1 Å². The van der Waals surface area contributed by atoms with E-state index in [1.54, 1.807) is 25.9 Å². The summed E-state index contributed by atoms with van der Waals surface area (Å²) in [6, 6.07) is 3.31. The van der Waals surface area contributed by atoms with E-state index >= 15 is 0 Å². The summed E-state index contributed by atoms with van der Waals surface area (Å²) < 4.78 is 13.7. The molecule has 0 spiro atoms. The minimum absolute atomic E-state index is 0.285. The molecule has 4 rings (SSSR count). The number of carbonyl (C=O) groups excluding carboxylic acids is 4. The second-order valence-electron chi connectivity index (χ2n) is 7.46. The lowest BCUT2D eigenvalue weighted by molar-refractivity contribution is -0.127. The molecule has 2 aromatic rings. The van der Waals surface area contributed by atoms with Crippen LogP contribution in [-0.4, -0.2) is 46.1 Å². The molecule has 0 aliphatic carbocycles. The third-order valence-corrected chi connectivity index (χ3v) is 5.51. The number of nitrogens with zero attached hydrogens (tertiary/aromatic N) is 1. The first kappa shape index (κ1) is 20.3. The fourth-order valence-electron chi connectivity index (χ4n) is 3.97. The molecule has 0 radical (unpaired) electrons. The topological polar surface area (TPSA) is 111 Å². The van der Waals surface area contributed by atoms with E-state index in [1.165, 1.54) is 23.1 Å². The molecule has 1 atom stereocenters. The van der Waals surface area contributed by atoms with Gasteiger partial charge in [0.05, 0.1) is 17.3 Å². The maximum atomic E-state index is 13.7. The Balaban J connectivity index is 1.62. The minimum atomic E-state index is -0.733. The average Bonchev–Trinajstić information content (AvgIpc) is 3.31. The minimum Gasteiger partial charge on any atom is -0.358 e. The zero-order valence-corrected chi connectivity index (χ0v) is 16.8. The first-order valence-corrected chi connectivity index (χ1v) is 9.64. The van der Waals surface area contributed by atoms with Gasteiger partial charge in [0.1, 0.15) is 17.8 Å². The third kappa shape index (κ3) is 3.55. The monoisotopic (exact) mass is 422 g/mol. The van der Waals surface area contributed by atoms with Crippen molar-refractivity contribution < 1.29 is 23.6 Å². The number of aryl methyl sites for hydroxylation is 1. The molecule has 2 aliphatic heterocycles. The van der Waals surface area contributed by atoms with Crippen LogP contribution >= 0.6 is 0 Å². The fraction of sp³-hybridized carbons (Fsp3) is 0.227. The lowest BCUT2D eigenvalue weighted by Crippen LogP contribution is -2.40. The number of halogens is 1. The summed E-state index contributed by atoms with van der Waals surface area (Å²) in [5, 5.41) is 5.39. The highest BCUT2D eigenvalue weighted by Gasteiger charge is 2.33. The van der Waals surface area contributed by atoms with Crippen LogP contribution < -0.4 is 10.6 Å². The van der Waals surface area contributed by atoms with Gasteiger partial charge in [-0.1, -0.05) is 0 Å². The number of hydrogen-bond acceptors (Lipinski definition) is 4. The highest BCUT2D eigenvalue weighted by atomic mass is 19.1. The van der Waals surface area contributed by atoms with Crippen molar-refractivity contribution in [2.45, 2.75) is 26.3 Å². The molecule has 158 valence electrons. The van der Waals surface area contributed by atoms with Crippen molar-refractivity contribution in [3.8, 4) is 0 Å². The van der Waals surface area contributed by atoms with E-state index in [0.717, 1.165) is 6.20 Å². The number of benzene rings is 1. The molecule has 3 heterocycles. The number of aromatic nitrogens is 1. The van der Waals surface area contributed by atoms with Gasteiger partial charge in [-0.3, -0.25) is 14.4 Å². The van der Waals surface area contributed by atoms with Crippen molar-refractivity contribution in [2.75, 3.05) is 11.9 Å². The Labute approximate surface area is 176 Å². The zero-order chi connectivity index (χ0) is 22.3. The summed E-state index contributed by atoms with van der Waals surface area (Å²) in [7, 11) is 0.